The van der Waals surface area contributed by atoms with Gasteiger partial charge in [-0.3, -0.25) is 4.79 Å². The number of hydrogen-bond acceptors (Lipinski definition) is 5. The summed E-state index contributed by atoms with van der Waals surface area (Å²) < 4.78 is 32.4. The molecule has 3 rings (SSSR count). The lowest BCUT2D eigenvalue weighted by Gasteiger charge is -2.21. The van der Waals surface area contributed by atoms with Gasteiger partial charge in [-0.05, 0) is 36.8 Å². The Balaban J connectivity index is 1.88. The van der Waals surface area contributed by atoms with Crippen molar-refractivity contribution in [1.29, 1.82) is 0 Å². The fourth-order valence-electron chi connectivity index (χ4n) is 2.57. The van der Waals surface area contributed by atoms with Gasteiger partial charge >= 0.3 is 0 Å². The molecule has 1 unspecified atom stereocenters. The number of pyridine rings is 1. The Labute approximate surface area is 142 Å². The van der Waals surface area contributed by atoms with Crippen molar-refractivity contribution in [2.75, 3.05) is 11.9 Å². The van der Waals surface area contributed by atoms with Crippen LogP contribution in [0.4, 0.5) is 14.5 Å². The molecule has 1 aromatic heterocycles. The highest BCUT2D eigenvalue weighted by molar-refractivity contribution is 6.02. The number of anilines is 1. The number of carbonyl (C=O) groups excluding carboxylic acids is 1. The van der Waals surface area contributed by atoms with E-state index in [1.54, 1.807) is 6.92 Å². The monoisotopic (exact) mass is 346 g/mol. The van der Waals surface area contributed by atoms with Crippen LogP contribution >= 0.6 is 0 Å². The van der Waals surface area contributed by atoms with Gasteiger partial charge in [-0.1, -0.05) is 0 Å². The Morgan fingerprint density at radius 3 is 2.84 bits per heavy atom. The van der Waals surface area contributed by atoms with Crippen molar-refractivity contribution in [3.8, 4) is 0 Å². The van der Waals surface area contributed by atoms with Crippen LogP contribution in [0.25, 0.3) is 0 Å². The predicted molar refractivity (Wildman–Crippen MR) is 88.2 cm³/mol. The van der Waals surface area contributed by atoms with E-state index in [1.165, 1.54) is 18.2 Å². The number of amidine groups is 1. The van der Waals surface area contributed by atoms with Gasteiger partial charge in [-0.15, -0.1) is 0 Å². The number of nitrogens with one attached hydrogen (secondary N) is 1. The molecule has 0 saturated heterocycles. The molecule has 2 heterocycles. The zero-order valence-corrected chi connectivity index (χ0v) is 13.4. The number of ether oxygens (including phenoxy) is 1. The van der Waals surface area contributed by atoms with E-state index in [9.17, 15) is 13.6 Å². The number of halogens is 2. The summed E-state index contributed by atoms with van der Waals surface area (Å²) in [6.07, 6.45) is 1.43. The van der Waals surface area contributed by atoms with Gasteiger partial charge in [0, 0.05) is 17.7 Å². The number of aliphatic imine (C=N–C) groups is 1. The molecule has 0 radical (unpaired) electrons. The van der Waals surface area contributed by atoms with Crippen molar-refractivity contribution in [2.45, 2.75) is 19.4 Å². The van der Waals surface area contributed by atoms with Crippen molar-refractivity contribution < 1.29 is 18.3 Å². The molecule has 0 saturated carbocycles. The van der Waals surface area contributed by atoms with Crippen molar-refractivity contribution in [3.63, 3.8) is 0 Å². The average molecular weight is 346 g/mol. The predicted octanol–water partition coefficient (Wildman–Crippen LogP) is 2.70. The molecule has 0 bridgehead atoms. The lowest BCUT2D eigenvalue weighted by molar-refractivity contribution is 0.102. The number of hydrogen-bond donors (Lipinski definition) is 2. The summed E-state index contributed by atoms with van der Waals surface area (Å²) in [5.41, 5.74) is 6.69. The van der Waals surface area contributed by atoms with Crippen LogP contribution in [-0.4, -0.2) is 23.5 Å². The van der Waals surface area contributed by atoms with E-state index in [2.05, 4.69) is 15.3 Å². The number of amides is 1. The minimum Gasteiger partial charge on any atom is -0.465 e. The number of nitrogens with zero attached hydrogens (tertiary/aromatic N) is 2. The Hall–Kier alpha value is -3.03. The van der Waals surface area contributed by atoms with Crippen molar-refractivity contribution in [1.82, 2.24) is 4.98 Å². The normalized spacial score (nSPS) is 16.8. The third kappa shape index (κ3) is 3.73. The highest BCUT2D eigenvalue weighted by Crippen LogP contribution is 2.30. The average Bonchev–Trinajstić information content (AvgIpc) is 2.58. The van der Waals surface area contributed by atoms with Crippen LogP contribution in [0.2, 0.25) is 0 Å². The smallest absolute Gasteiger partial charge is 0.282 e. The molecule has 3 N–H and O–H groups in total. The van der Waals surface area contributed by atoms with Gasteiger partial charge in [0.2, 0.25) is 0 Å². The molecule has 1 aliphatic heterocycles. The first kappa shape index (κ1) is 16.8. The van der Waals surface area contributed by atoms with Gasteiger partial charge in [-0.25, -0.2) is 18.8 Å². The van der Waals surface area contributed by atoms with Gasteiger partial charge in [0.1, 0.15) is 17.3 Å². The van der Waals surface area contributed by atoms with Crippen LogP contribution in [0.1, 0.15) is 34.1 Å². The van der Waals surface area contributed by atoms with E-state index < -0.39 is 23.6 Å². The Bertz CT molecular complexity index is 837. The molecule has 8 heteroatoms. The molecular formula is C17H16F2N4O2. The SMILES string of the molecule is Cc1cc(NC(=O)c2ccc(F)cn2)cc(C2CCOC(N)=N2)c1F. The summed E-state index contributed by atoms with van der Waals surface area (Å²) in [5, 5.41) is 2.63. The summed E-state index contributed by atoms with van der Waals surface area (Å²) in [4.78, 5) is 20.0. The molecule has 0 fully saturated rings. The van der Waals surface area contributed by atoms with Crippen LogP contribution < -0.4 is 11.1 Å². The van der Waals surface area contributed by atoms with E-state index in [0.717, 1.165) is 12.3 Å². The molecule has 25 heavy (non-hydrogen) atoms. The summed E-state index contributed by atoms with van der Waals surface area (Å²) in [7, 11) is 0. The first-order valence-corrected chi connectivity index (χ1v) is 7.63. The summed E-state index contributed by atoms with van der Waals surface area (Å²) in [6.45, 7) is 1.94. The minimum absolute atomic E-state index is 0.0123. The molecule has 1 atom stereocenters. The molecule has 1 aliphatic rings. The lowest BCUT2D eigenvalue weighted by atomic mass is 10.00. The van der Waals surface area contributed by atoms with Crippen LogP contribution in [0.3, 0.4) is 0 Å². The third-order valence-electron chi connectivity index (χ3n) is 3.78. The second-order valence-corrected chi connectivity index (χ2v) is 5.63. The van der Waals surface area contributed by atoms with E-state index in [4.69, 9.17) is 10.5 Å². The maximum absolute atomic E-state index is 14.5. The van der Waals surface area contributed by atoms with E-state index >= 15 is 0 Å². The van der Waals surface area contributed by atoms with Gasteiger partial charge in [0.15, 0.2) is 0 Å². The van der Waals surface area contributed by atoms with Crippen LogP contribution in [0.5, 0.6) is 0 Å². The van der Waals surface area contributed by atoms with Gasteiger partial charge in [0.05, 0.1) is 18.8 Å². The minimum atomic E-state index is -0.536. The molecular weight excluding hydrogens is 330 g/mol. The zero-order chi connectivity index (χ0) is 18.0. The molecule has 6 nitrogen and oxygen atoms in total. The molecule has 1 amide bonds. The van der Waals surface area contributed by atoms with Gasteiger partial charge in [-0.2, -0.15) is 0 Å². The van der Waals surface area contributed by atoms with E-state index in [1.807, 2.05) is 0 Å². The zero-order valence-electron chi connectivity index (χ0n) is 13.4. The second-order valence-electron chi connectivity index (χ2n) is 5.63. The first-order valence-electron chi connectivity index (χ1n) is 7.63. The standard InChI is InChI=1S/C17H16F2N4O2/c1-9-6-11(22-16(24)14-3-2-10(18)8-21-14)7-12(15(9)19)13-4-5-25-17(20)23-13/h2-3,6-8,13H,4-5H2,1H3,(H2,20,23)(H,22,24). The number of aromatic nitrogens is 1. The fourth-order valence-corrected chi connectivity index (χ4v) is 2.57. The molecule has 0 spiro atoms. The number of nitrogens with two attached hydrogens (primary N) is 1. The van der Waals surface area contributed by atoms with Crippen LogP contribution in [0.15, 0.2) is 35.5 Å². The van der Waals surface area contributed by atoms with Crippen molar-refractivity contribution >= 4 is 17.6 Å². The van der Waals surface area contributed by atoms with Crippen LogP contribution in [-0.2, 0) is 4.74 Å². The molecule has 1 aromatic carbocycles. The Morgan fingerprint density at radius 2 is 2.16 bits per heavy atom. The molecule has 0 aliphatic carbocycles. The summed E-state index contributed by atoms with van der Waals surface area (Å²) in [5.74, 6) is -1.46. The number of carbonyl (C=O) groups is 1. The largest absolute Gasteiger partial charge is 0.465 e. The Morgan fingerprint density at radius 1 is 1.36 bits per heavy atom. The first-order chi connectivity index (χ1) is 11.9. The topological polar surface area (TPSA) is 89.6 Å². The quantitative estimate of drug-likeness (QED) is 0.894. The highest BCUT2D eigenvalue weighted by Gasteiger charge is 2.22. The van der Waals surface area contributed by atoms with Crippen LogP contribution in [0, 0.1) is 18.6 Å². The maximum Gasteiger partial charge on any atom is 0.282 e. The number of aryl methyl sites for hydroxylation is 1. The molecule has 130 valence electrons. The third-order valence-corrected chi connectivity index (χ3v) is 3.78. The lowest BCUT2D eigenvalue weighted by Crippen LogP contribution is -2.24. The van der Waals surface area contributed by atoms with E-state index in [-0.39, 0.29) is 11.7 Å². The number of rotatable bonds is 3. The van der Waals surface area contributed by atoms with Crippen molar-refractivity contribution in [2.24, 2.45) is 10.7 Å². The van der Waals surface area contributed by atoms with E-state index in [0.29, 0.717) is 29.8 Å². The van der Waals surface area contributed by atoms with Crippen molar-refractivity contribution in [3.05, 3.63) is 58.9 Å². The summed E-state index contributed by atoms with van der Waals surface area (Å²) >= 11 is 0. The fraction of sp³-hybridized carbons (Fsp3) is 0.235. The second kappa shape index (κ2) is 6.84. The van der Waals surface area contributed by atoms with Gasteiger partial charge < -0.3 is 15.8 Å². The maximum atomic E-state index is 14.5. The van der Waals surface area contributed by atoms with Gasteiger partial charge in [0.25, 0.3) is 11.9 Å². The Kier molecular flexibility index (Phi) is 4.60. The number of benzene rings is 1. The molecule has 2 aromatic rings. The summed E-state index contributed by atoms with van der Waals surface area (Å²) in [6, 6.07) is 4.96. The highest BCUT2D eigenvalue weighted by atomic mass is 19.1.